The fourth-order valence-electron chi connectivity index (χ4n) is 2.56. The van der Waals surface area contributed by atoms with Gasteiger partial charge in [-0.15, -0.1) is 0 Å². The van der Waals surface area contributed by atoms with Crippen molar-refractivity contribution in [2.45, 2.75) is 53.6 Å². The lowest BCUT2D eigenvalue weighted by molar-refractivity contribution is 0.159. The van der Waals surface area contributed by atoms with Crippen molar-refractivity contribution >= 4 is 0 Å². The van der Waals surface area contributed by atoms with Gasteiger partial charge in [0.15, 0.2) is 0 Å². The van der Waals surface area contributed by atoms with Gasteiger partial charge in [0.1, 0.15) is 0 Å². The van der Waals surface area contributed by atoms with Crippen molar-refractivity contribution in [3.63, 3.8) is 0 Å². The summed E-state index contributed by atoms with van der Waals surface area (Å²) in [5.41, 5.74) is 3.03. The van der Waals surface area contributed by atoms with E-state index in [1.807, 2.05) is 0 Å². The zero-order valence-electron chi connectivity index (χ0n) is 10.3. The molecule has 82 valence electrons. The minimum absolute atomic E-state index is 0.565. The van der Waals surface area contributed by atoms with Gasteiger partial charge in [-0.1, -0.05) is 13.8 Å². The van der Waals surface area contributed by atoms with E-state index >= 15 is 0 Å². The second-order valence-corrected chi connectivity index (χ2v) is 4.00. The van der Waals surface area contributed by atoms with Crippen LogP contribution in [0.2, 0.25) is 0 Å². The first kappa shape index (κ1) is 11.4. The summed E-state index contributed by atoms with van der Waals surface area (Å²) in [6.07, 6.45) is 2.95. The van der Waals surface area contributed by atoms with Crippen LogP contribution >= 0.6 is 0 Å². The van der Waals surface area contributed by atoms with E-state index in [1.165, 1.54) is 24.4 Å². The molecule has 0 aromatic heterocycles. The molecule has 0 fully saturated rings. The van der Waals surface area contributed by atoms with Crippen LogP contribution in [-0.2, 0) is 0 Å². The van der Waals surface area contributed by atoms with Crippen LogP contribution in [0.3, 0.4) is 0 Å². The molecule has 1 heterocycles. The number of hydrogen-bond donors (Lipinski definition) is 0. The van der Waals surface area contributed by atoms with Crippen molar-refractivity contribution < 1.29 is 0 Å². The van der Waals surface area contributed by atoms with Gasteiger partial charge in [-0.2, -0.15) is 0 Å². The first-order chi connectivity index (χ1) is 6.67. The lowest BCUT2D eigenvalue weighted by atomic mass is 10.2. The molecule has 0 aromatic carbocycles. The number of hydrogen-bond acceptors (Lipinski definition) is 2. The Hall–Kier alpha value is -0.660. The highest BCUT2D eigenvalue weighted by Gasteiger charge is 2.29. The molecule has 1 rings (SSSR count). The Morgan fingerprint density at radius 2 is 1.79 bits per heavy atom. The monoisotopic (exact) mass is 196 g/mol. The maximum atomic E-state index is 2.53. The molecule has 1 unspecified atom stereocenters. The van der Waals surface area contributed by atoms with E-state index in [9.17, 15) is 0 Å². The Morgan fingerprint density at radius 3 is 2.14 bits per heavy atom. The second-order valence-electron chi connectivity index (χ2n) is 4.00. The molecule has 0 amide bonds. The molecule has 0 saturated carbocycles. The highest BCUT2D eigenvalue weighted by atomic mass is 15.4. The van der Waals surface area contributed by atoms with Crippen molar-refractivity contribution in [1.29, 1.82) is 0 Å². The van der Waals surface area contributed by atoms with Crippen molar-refractivity contribution in [1.82, 2.24) is 9.80 Å². The van der Waals surface area contributed by atoms with Gasteiger partial charge < -0.3 is 9.80 Å². The summed E-state index contributed by atoms with van der Waals surface area (Å²) in [7, 11) is 0. The normalized spacial score (nSPS) is 22.5. The summed E-state index contributed by atoms with van der Waals surface area (Å²) in [5, 5.41) is 0. The topological polar surface area (TPSA) is 6.48 Å². The van der Waals surface area contributed by atoms with Gasteiger partial charge in [-0.05, 0) is 33.6 Å². The zero-order chi connectivity index (χ0) is 10.7. The first-order valence-corrected chi connectivity index (χ1v) is 5.90. The van der Waals surface area contributed by atoms with E-state index in [0.29, 0.717) is 6.17 Å². The minimum Gasteiger partial charge on any atom is -0.354 e. The number of rotatable bonds is 4. The second kappa shape index (κ2) is 4.72. The molecule has 0 N–H and O–H groups in total. The van der Waals surface area contributed by atoms with Crippen molar-refractivity contribution in [3.8, 4) is 0 Å². The summed E-state index contributed by atoms with van der Waals surface area (Å²) in [5.74, 6) is 0. The predicted octanol–water partition coefficient (Wildman–Crippen LogP) is 3.02. The molecular weight excluding hydrogens is 172 g/mol. The van der Waals surface area contributed by atoms with E-state index in [2.05, 4.69) is 44.4 Å². The van der Waals surface area contributed by atoms with E-state index in [1.54, 1.807) is 0 Å². The quantitative estimate of drug-likeness (QED) is 0.682. The van der Waals surface area contributed by atoms with Gasteiger partial charge in [0.2, 0.25) is 0 Å². The van der Waals surface area contributed by atoms with Crippen LogP contribution in [-0.4, -0.2) is 29.1 Å². The molecule has 1 atom stereocenters. The van der Waals surface area contributed by atoms with E-state index in [4.69, 9.17) is 0 Å². The van der Waals surface area contributed by atoms with Gasteiger partial charge in [0.05, 0.1) is 6.17 Å². The largest absolute Gasteiger partial charge is 0.354 e. The summed E-state index contributed by atoms with van der Waals surface area (Å²) in [6.45, 7) is 13.6. The average molecular weight is 196 g/mol. The molecule has 1 aliphatic rings. The van der Waals surface area contributed by atoms with Crippen molar-refractivity contribution in [2.75, 3.05) is 13.1 Å². The van der Waals surface area contributed by atoms with Crippen LogP contribution in [0.1, 0.15) is 47.5 Å². The number of allylic oxidation sites excluding steroid dienone is 2. The fraction of sp³-hybridized carbons (Fsp3) is 0.833. The SMILES string of the molecule is CCCN1C(C)=C(CC)N(CC)C1C. The van der Waals surface area contributed by atoms with Crippen molar-refractivity contribution in [2.24, 2.45) is 0 Å². The highest BCUT2D eigenvalue weighted by molar-refractivity contribution is 5.17. The van der Waals surface area contributed by atoms with Crippen LogP contribution < -0.4 is 0 Å². The third-order valence-corrected chi connectivity index (χ3v) is 3.24. The average Bonchev–Trinajstić information content (AvgIpc) is 2.41. The zero-order valence-corrected chi connectivity index (χ0v) is 10.3. The Balaban J connectivity index is 2.86. The third kappa shape index (κ3) is 1.75. The van der Waals surface area contributed by atoms with Crippen LogP contribution in [0.25, 0.3) is 0 Å². The molecule has 0 radical (unpaired) electrons. The van der Waals surface area contributed by atoms with Gasteiger partial charge >= 0.3 is 0 Å². The molecule has 1 aliphatic heterocycles. The van der Waals surface area contributed by atoms with E-state index < -0.39 is 0 Å². The van der Waals surface area contributed by atoms with Gasteiger partial charge in [0.25, 0.3) is 0 Å². The number of nitrogens with zero attached hydrogens (tertiary/aromatic N) is 2. The van der Waals surface area contributed by atoms with Crippen LogP contribution in [0.15, 0.2) is 11.4 Å². The molecule has 0 saturated heterocycles. The highest BCUT2D eigenvalue weighted by Crippen LogP contribution is 2.30. The molecule has 0 aliphatic carbocycles. The summed E-state index contributed by atoms with van der Waals surface area (Å²) in [6, 6.07) is 0. The Labute approximate surface area is 88.6 Å². The van der Waals surface area contributed by atoms with Crippen molar-refractivity contribution in [3.05, 3.63) is 11.4 Å². The summed E-state index contributed by atoms with van der Waals surface area (Å²) < 4.78 is 0. The lowest BCUT2D eigenvalue weighted by Gasteiger charge is -2.31. The Kier molecular flexibility index (Phi) is 3.85. The molecule has 0 spiro atoms. The lowest BCUT2D eigenvalue weighted by Crippen LogP contribution is -2.38. The van der Waals surface area contributed by atoms with Crippen LogP contribution in [0.5, 0.6) is 0 Å². The molecule has 0 bridgehead atoms. The van der Waals surface area contributed by atoms with Gasteiger partial charge in [-0.3, -0.25) is 0 Å². The molecule has 0 aromatic rings. The predicted molar refractivity (Wildman–Crippen MR) is 61.8 cm³/mol. The smallest absolute Gasteiger partial charge is 0.0982 e. The van der Waals surface area contributed by atoms with Crippen LogP contribution in [0, 0.1) is 0 Å². The van der Waals surface area contributed by atoms with E-state index in [0.717, 1.165) is 13.0 Å². The van der Waals surface area contributed by atoms with Crippen LogP contribution in [0.4, 0.5) is 0 Å². The molecule has 2 heteroatoms. The van der Waals surface area contributed by atoms with Gasteiger partial charge in [0, 0.05) is 24.5 Å². The summed E-state index contributed by atoms with van der Waals surface area (Å²) >= 11 is 0. The summed E-state index contributed by atoms with van der Waals surface area (Å²) in [4.78, 5) is 5.05. The Bertz CT molecular complexity index is 220. The minimum atomic E-state index is 0.565. The first-order valence-electron chi connectivity index (χ1n) is 5.90. The fourth-order valence-corrected chi connectivity index (χ4v) is 2.56. The molecule has 14 heavy (non-hydrogen) atoms. The third-order valence-electron chi connectivity index (χ3n) is 3.24. The maximum Gasteiger partial charge on any atom is 0.0982 e. The Morgan fingerprint density at radius 1 is 1.14 bits per heavy atom. The van der Waals surface area contributed by atoms with Gasteiger partial charge in [-0.25, -0.2) is 0 Å². The molecular formula is C12H24N2. The van der Waals surface area contributed by atoms with E-state index in [-0.39, 0.29) is 0 Å². The maximum absolute atomic E-state index is 2.53. The standard InChI is InChI=1S/C12H24N2/c1-6-9-14-10(4)12(7-2)13(8-3)11(14)5/h11H,6-9H2,1-5H3. The molecule has 2 nitrogen and oxygen atoms in total.